The average Bonchev–Trinajstić information content (AvgIpc) is 2.34. The lowest BCUT2D eigenvalue weighted by Gasteiger charge is -2.18. The number of oxime groups is 1. The largest absolute Gasteiger partial charge is 0.484 e. The second kappa shape index (κ2) is 4.88. The summed E-state index contributed by atoms with van der Waals surface area (Å²) in [5.74, 6) is 0.133. The van der Waals surface area contributed by atoms with Crippen LogP contribution in [-0.2, 0) is 6.42 Å². The molecule has 18 heavy (non-hydrogen) atoms. The summed E-state index contributed by atoms with van der Waals surface area (Å²) < 4.78 is 40.8. The molecule has 1 N–H and O–H groups in total. The monoisotopic (exact) mass is 259 g/mol. The summed E-state index contributed by atoms with van der Waals surface area (Å²) in [5, 5.41) is 12.0. The smallest absolute Gasteiger partial charge is 0.422 e. The minimum atomic E-state index is -4.36. The molecule has 1 aliphatic rings. The summed E-state index contributed by atoms with van der Waals surface area (Å²) in [6.07, 6.45) is -2.04. The quantitative estimate of drug-likeness (QED) is 0.654. The SMILES string of the molecule is O/N=C1/CCCc2ccc(OCC(F)(F)F)cc21. The fourth-order valence-corrected chi connectivity index (χ4v) is 1.98. The van der Waals surface area contributed by atoms with Gasteiger partial charge in [-0.2, -0.15) is 13.2 Å². The topological polar surface area (TPSA) is 41.8 Å². The van der Waals surface area contributed by atoms with Crippen molar-refractivity contribution in [2.24, 2.45) is 5.16 Å². The molecule has 0 radical (unpaired) electrons. The summed E-state index contributed by atoms with van der Waals surface area (Å²) in [4.78, 5) is 0. The zero-order valence-electron chi connectivity index (χ0n) is 9.50. The van der Waals surface area contributed by atoms with E-state index in [1.54, 1.807) is 6.07 Å². The van der Waals surface area contributed by atoms with Gasteiger partial charge in [0.05, 0.1) is 5.71 Å². The Hall–Kier alpha value is -1.72. The molecule has 0 aromatic heterocycles. The third kappa shape index (κ3) is 2.94. The van der Waals surface area contributed by atoms with Crippen LogP contribution in [0.1, 0.15) is 24.0 Å². The maximum absolute atomic E-state index is 12.0. The molecule has 2 rings (SSSR count). The first-order valence-electron chi connectivity index (χ1n) is 5.53. The predicted octanol–water partition coefficient (Wildman–Crippen LogP) is 3.14. The molecule has 98 valence electrons. The van der Waals surface area contributed by atoms with Crippen molar-refractivity contribution < 1.29 is 23.1 Å². The number of fused-ring (bicyclic) bond motifs is 1. The van der Waals surface area contributed by atoms with Gasteiger partial charge in [0.15, 0.2) is 6.61 Å². The van der Waals surface area contributed by atoms with E-state index in [9.17, 15) is 13.2 Å². The van der Waals surface area contributed by atoms with Crippen molar-refractivity contribution in [2.75, 3.05) is 6.61 Å². The van der Waals surface area contributed by atoms with Gasteiger partial charge in [-0.25, -0.2) is 0 Å². The van der Waals surface area contributed by atoms with Crippen molar-refractivity contribution in [1.82, 2.24) is 0 Å². The van der Waals surface area contributed by atoms with Crippen LogP contribution in [0.4, 0.5) is 13.2 Å². The summed E-state index contributed by atoms with van der Waals surface area (Å²) in [5.41, 5.74) is 2.13. The molecule has 0 amide bonds. The molecule has 0 spiro atoms. The van der Waals surface area contributed by atoms with Gasteiger partial charge in [-0.1, -0.05) is 11.2 Å². The normalized spacial score (nSPS) is 17.6. The fourth-order valence-electron chi connectivity index (χ4n) is 1.98. The summed E-state index contributed by atoms with van der Waals surface area (Å²) in [7, 11) is 0. The maximum atomic E-state index is 12.0. The number of ether oxygens (including phenoxy) is 1. The molecular formula is C12H12F3NO2. The van der Waals surface area contributed by atoms with E-state index < -0.39 is 12.8 Å². The van der Waals surface area contributed by atoms with Crippen molar-refractivity contribution >= 4 is 5.71 Å². The van der Waals surface area contributed by atoms with Gasteiger partial charge in [-0.15, -0.1) is 0 Å². The van der Waals surface area contributed by atoms with Gasteiger partial charge < -0.3 is 9.94 Å². The minimum Gasteiger partial charge on any atom is -0.484 e. The zero-order chi connectivity index (χ0) is 13.2. The van der Waals surface area contributed by atoms with Crippen molar-refractivity contribution in [3.63, 3.8) is 0 Å². The second-order valence-electron chi connectivity index (χ2n) is 4.12. The lowest BCUT2D eigenvalue weighted by atomic mass is 9.90. The highest BCUT2D eigenvalue weighted by atomic mass is 19.4. The second-order valence-corrected chi connectivity index (χ2v) is 4.12. The van der Waals surface area contributed by atoms with Crippen LogP contribution in [0.25, 0.3) is 0 Å². The Kier molecular flexibility index (Phi) is 3.45. The number of aryl methyl sites for hydroxylation is 1. The molecular weight excluding hydrogens is 247 g/mol. The summed E-state index contributed by atoms with van der Waals surface area (Å²) in [6.45, 7) is -1.32. The molecule has 0 saturated carbocycles. The fraction of sp³-hybridized carbons (Fsp3) is 0.417. The summed E-state index contributed by atoms with van der Waals surface area (Å²) >= 11 is 0. The lowest BCUT2D eigenvalue weighted by Crippen LogP contribution is -2.19. The van der Waals surface area contributed by atoms with Crippen LogP contribution < -0.4 is 4.74 Å². The minimum absolute atomic E-state index is 0.133. The van der Waals surface area contributed by atoms with Crippen molar-refractivity contribution in [2.45, 2.75) is 25.4 Å². The predicted molar refractivity (Wildman–Crippen MR) is 59.3 cm³/mol. The van der Waals surface area contributed by atoms with E-state index in [1.165, 1.54) is 12.1 Å². The number of hydrogen-bond acceptors (Lipinski definition) is 3. The van der Waals surface area contributed by atoms with Crippen LogP contribution in [0.15, 0.2) is 23.4 Å². The van der Waals surface area contributed by atoms with E-state index in [0.717, 1.165) is 18.4 Å². The number of halogens is 3. The Morgan fingerprint density at radius 1 is 1.28 bits per heavy atom. The Labute approximate surface area is 102 Å². The standard InChI is InChI=1S/C12H12F3NO2/c13-12(14,15)7-18-9-5-4-8-2-1-3-11(16-17)10(8)6-9/h4-6,17H,1-3,7H2/b16-11-. The van der Waals surface area contributed by atoms with E-state index >= 15 is 0 Å². The number of rotatable bonds is 2. The Morgan fingerprint density at radius 2 is 2.06 bits per heavy atom. The Bertz CT molecular complexity index is 469. The number of nitrogens with zero attached hydrogens (tertiary/aromatic N) is 1. The third-order valence-electron chi connectivity index (χ3n) is 2.78. The van der Waals surface area contributed by atoms with Crippen molar-refractivity contribution in [3.05, 3.63) is 29.3 Å². The van der Waals surface area contributed by atoms with Crippen LogP contribution in [0.3, 0.4) is 0 Å². The molecule has 0 atom stereocenters. The van der Waals surface area contributed by atoms with Crippen molar-refractivity contribution in [1.29, 1.82) is 0 Å². The van der Waals surface area contributed by atoms with Crippen LogP contribution in [0.5, 0.6) is 5.75 Å². The Balaban J connectivity index is 2.20. The van der Waals surface area contributed by atoms with E-state index in [2.05, 4.69) is 9.89 Å². The van der Waals surface area contributed by atoms with Gasteiger partial charge in [0.1, 0.15) is 5.75 Å². The molecule has 1 aromatic rings. The number of hydrogen-bond donors (Lipinski definition) is 1. The van der Waals surface area contributed by atoms with Gasteiger partial charge in [0.25, 0.3) is 0 Å². The molecule has 0 saturated heterocycles. The summed E-state index contributed by atoms with van der Waals surface area (Å²) in [6, 6.07) is 4.71. The molecule has 0 bridgehead atoms. The first-order chi connectivity index (χ1) is 8.49. The van der Waals surface area contributed by atoms with Gasteiger partial charge >= 0.3 is 6.18 Å². The van der Waals surface area contributed by atoms with Crippen LogP contribution >= 0.6 is 0 Å². The molecule has 1 aliphatic carbocycles. The first kappa shape index (κ1) is 12.7. The molecule has 0 unspecified atom stereocenters. The first-order valence-corrected chi connectivity index (χ1v) is 5.53. The zero-order valence-corrected chi connectivity index (χ0v) is 9.50. The molecule has 0 heterocycles. The van der Waals surface area contributed by atoms with Gasteiger partial charge in [-0.3, -0.25) is 0 Å². The third-order valence-corrected chi connectivity index (χ3v) is 2.78. The van der Waals surface area contributed by atoms with Gasteiger partial charge in [-0.05, 0) is 37.0 Å². The highest BCUT2D eigenvalue weighted by Crippen LogP contribution is 2.27. The number of alkyl halides is 3. The van der Waals surface area contributed by atoms with Gasteiger partial charge in [0, 0.05) is 5.56 Å². The van der Waals surface area contributed by atoms with E-state index in [4.69, 9.17) is 5.21 Å². The van der Waals surface area contributed by atoms with E-state index in [1.807, 2.05) is 0 Å². The molecule has 6 heteroatoms. The molecule has 3 nitrogen and oxygen atoms in total. The molecule has 0 fully saturated rings. The average molecular weight is 259 g/mol. The number of benzene rings is 1. The van der Waals surface area contributed by atoms with Crippen LogP contribution in [-0.4, -0.2) is 23.7 Å². The van der Waals surface area contributed by atoms with Crippen molar-refractivity contribution in [3.8, 4) is 5.75 Å². The Morgan fingerprint density at radius 3 is 2.72 bits per heavy atom. The highest BCUT2D eigenvalue weighted by Gasteiger charge is 2.28. The maximum Gasteiger partial charge on any atom is 0.422 e. The molecule has 0 aliphatic heterocycles. The van der Waals surface area contributed by atoms with E-state index in [0.29, 0.717) is 17.7 Å². The molecule has 1 aromatic carbocycles. The van der Waals surface area contributed by atoms with Crippen LogP contribution in [0, 0.1) is 0 Å². The van der Waals surface area contributed by atoms with E-state index in [-0.39, 0.29) is 5.75 Å². The highest BCUT2D eigenvalue weighted by molar-refractivity contribution is 6.02. The lowest BCUT2D eigenvalue weighted by molar-refractivity contribution is -0.153. The van der Waals surface area contributed by atoms with Gasteiger partial charge in [0.2, 0.25) is 0 Å². The van der Waals surface area contributed by atoms with Crippen LogP contribution in [0.2, 0.25) is 0 Å².